The van der Waals surface area contributed by atoms with E-state index in [9.17, 15) is 14.4 Å². The molecule has 0 aliphatic heterocycles. The molecule has 0 aliphatic rings. The predicted octanol–water partition coefficient (Wildman–Crippen LogP) is 4.27. The van der Waals surface area contributed by atoms with Gasteiger partial charge in [-0.2, -0.15) is 4.99 Å². The van der Waals surface area contributed by atoms with Crippen molar-refractivity contribution in [2.45, 2.75) is 13.5 Å². The second kappa shape index (κ2) is 8.48. The van der Waals surface area contributed by atoms with Gasteiger partial charge in [-0.3, -0.25) is 14.4 Å². The van der Waals surface area contributed by atoms with Gasteiger partial charge in [0.1, 0.15) is 12.1 Å². The summed E-state index contributed by atoms with van der Waals surface area (Å²) < 4.78 is 13.3. The Labute approximate surface area is 191 Å². The van der Waals surface area contributed by atoms with E-state index < -0.39 is 11.9 Å². The lowest BCUT2D eigenvalue weighted by Gasteiger charge is -2.06. The van der Waals surface area contributed by atoms with Crippen LogP contribution in [0.2, 0.25) is 0 Å². The van der Waals surface area contributed by atoms with Gasteiger partial charge in [0.2, 0.25) is 0 Å². The number of para-hydroxylation sites is 1. The zero-order valence-electron chi connectivity index (χ0n) is 17.6. The lowest BCUT2D eigenvalue weighted by molar-refractivity contribution is -0.143. The van der Waals surface area contributed by atoms with Gasteiger partial charge in [0.15, 0.2) is 16.0 Å². The number of hydrogen-bond donors (Lipinski definition) is 0. The van der Waals surface area contributed by atoms with Crippen molar-refractivity contribution in [3.8, 4) is 0 Å². The molecule has 2 aromatic heterocycles. The lowest BCUT2D eigenvalue weighted by atomic mass is 10.1. The molecule has 33 heavy (non-hydrogen) atoms. The molecule has 2 heterocycles. The summed E-state index contributed by atoms with van der Waals surface area (Å²) in [6.45, 7) is 1.89. The van der Waals surface area contributed by atoms with Crippen molar-refractivity contribution in [3.05, 3.63) is 87.5 Å². The number of nitrogens with zero attached hydrogens (tertiary/aromatic N) is 2. The summed E-state index contributed by atoms with van der Waals surface area (Å²) in [5.74, 6) is -1.30. The zero-order valence-corrected chi connectivity index (χ0v) is 18.4. The Morgan fingerprint density at radius 3 is 2.61 bits per heavy atom. The number of amides is 1. The third-order valence-corrected chi connectivity index (χ3v) is 6.34. The van der Waals surface area contributed by atoms with Crippen LogP contribution in [0.1, 0.15) is 17.5 Å². The van der Waals surface area contributed by atoms with Crippen LogP contribution in [0.3, 0.4) is 0 Å². The Balaban J connectivity index is 1.70. The third kappa shape index (κ3) is 3.85. The number of carbonyl (C=O) groups is 2. The van der Waals surface area contributed by atoms with E-state index in [1.165, 1.54) is 11.3 Å². The lowest BCUT2D eigenvalue weighted by Crippen LogP contribution is -2.23. The van der Waals surface area contributed by atoms with Gasteiger partial charge in [0, 0.05) is 11.5 Å². The fourth-order valence-corrected chi connectivity index (χ4v) is 4.89. The van der Waals surface area contributed by atoms with E-state index in [0.717, 1.165) is 27.1 Å². The summed E-state index contributed by atoms with van der Waals surface area (Å²) in [5, 5.41) is 2.41. The Hall–Kier alpha value is -4.04. The van der Waals surface area contributed by atoms with E-state index in [0.29, 0.717) is 15.8 Å². The zero-order chi connectivity index (χ0) is 22.9. The van der Waals surface area contributed by atoms with Crippen molar-refractivity contribution in [2.75, 3.05) is 6.61 Å². The summed E-state index contributed by atoms with van der Waals surface area (Å²) in [6.07, 6.45) is 0. The first-order chi connectivity index (χ1) is 16.0. The first kappa shape index (κ1) is 20.8. The number of benzene rings is 3. The van der Waals surface area contributed by atoms with Crippen molar-refractivity contribution < 1.29 is 18.7 Å². The monoisotopic (exact) mass is 458 g/mol. The molecule has 0 atom stereocenters. The summed E-state index contributed by atoms with van der Waals surface area (Å²) in [6, 6.07) is 19.6. The molecule has 0 saturated carbocycles. The molecule has 0 spiro atoms. The molecular weight excluding hydrogens is 440 g/mol. The maximum atomic E-state index is 13.0. The first-order valence-electron chi connectivity index (χ1n) is 10.3. The molecule has 7 nitrogen and oxygen atoms in total. The number of fused-ring (bicyclic) bond motifs is 4. The molecule has 5 aromatic rings. The van der Waals surface area contributed by atoms with Gasteiger partial charge in [-0.25, -0.2) is 0 Å². The molecule has 0 aliphatic carbocycles. The maximum absolute atomic E-state index is 13.0. The highest BCUT2D eigenvalue weighted by Gasteiger charge is 2.16. The van der Waals surface area contributed by atoms with Gasteiger partial charge in [-0.1, -0.05) is 53.8 Å². The number of carbonyl (C=O) groups excluding carboxylic acids is 2. The molecular formula is C25H18N2O5S. The second-order valence-corrected chi connectivity index (χ2v) is 8.28. The number of rotatable bonds is 4. The number of ether oxygens (including phenoxy) is 1. The standard InChI is InChI=1S/C25H18N2O5S/c1-2-31-22(29)14-27-18-12-11-15-7-3-4-8-16(15)23(18)33-25(27)26-24(30)21-13-19(28)17-9-5-6-10-20(17)32-21/h3-13H,2,14H2,1H3. The molecule has 0 bridgehead atoms. The highest BCUT2D eigenvalue weighted by Crippen LogP contribution is 2.27. The van der Waals surface area contributed by atoms with Crippen molar-refractivity contribution in [3.63, 3.8) is 0 Å². The minimum absolute atomic E-state index is 0.0973. The molecule has 0 saturated heterocycles. The SMILES string of the molecule is CCOC(=O)Cn1c(=NC(=O)c2cc(=O)c3ccccc3o2)sc2c3ccccc3ccc21. The summed E-state index contributed by atoms with van der Waals surface area (Å²) >= 11 is 1.29. The van der Waals surface area contributed by atoms with Crippen molar-refractivity contribution in [1.29, 1.82) is 0 Å². The van der Waals surface area contributed by atoms with Crippen molar-refractivity contribution in [1.82, 2.24) is 4.57 Å². The number of esters is 1. The number of aromatic nitrogens is 1. The Bertz CT molecular complexity index is 1680. The van der Waals surface area contributed by atoms with Crippen LogP contribution in [-0.4, -0.2) is 23.1 Å². The van der Waals surface area contributed by atoms with Gasteiger partial charge in [-0.05, 0) is 30.5 Å². The van der Waals surface area contributed by atoms with Crippen LogP contribution in [-0.2, 0) is 16.1 Å². The minimum Gasteiger partial charge on any atom is -0.465 e. The van der Waals surface area contributed by atoms with Crippen molar-refractivity contribution in [2.24, 2.45) is 4.99 Å². The van der Waals surface area contributed by atoms with Gasteiger partial charge >= 0.3 is 11.9 Å². The predicted molar refractivity (Wildman–Crippen MR) is 126 cm³/mol. The second-order valence-electron chi connectivity index (χ2n) is 7.30. The molecule has 0 N–H and O–H groups in total. The highest BCUT2D eigenvalue weighted by atomic mass is 32.1. The van der Waals surface area contributed by atoms with E-state index >= 15 is 0 Å². The molecule has 0 radical (unpaired) electrons. The molecule has 164 valence electrons. The Kier molecular flexibility index (Phi) is 5.35. The van der Waals surface area contributed by atoms with E-state index in [4.69, 9.17) is 9.15 Å². The van der Waals surface area contributed by atoms with Gasteiger partial charge in [0.25, 0.3) is 0 Å². The topological polar surface area (TPSA) is 90.9 Å². The van der Waals surface area contributed by atoms with Crippen LogP contribution in [0.25, 0.3) is 32.0 Å². The quantitative estimate of drug-likeness (QED) is 0.375. The average molecular weight is 458 g/mol. The van der Waals surface area contributed by atoms with Crippen molar-refractivity contribution >= 4 is 55.2 Å². The van der Waals surface area contributed by atoms with Gasteiger partial charge < -0.3 is 13.7 Å². The maximum Gasteiger partial charge on any atom is 0.326 e. The molecule has 5 rings (SSSR count). The molecule has 0 fully saturated rings. The van der Waals surface area contributed by atoms with Crippen LogP contribution in [0.5, 0.6) is 0 Å². The number of thiazole rings is 1. The molecule has 3 aromatic carbocycles. The molecule has 0 unspecified atom stereocenters. The van der Waals surface area contributed by atoms with E-state index in [-0.39, 0.29) is 24.3 Å². The summed E-state index contributed by atoms with van der Waals surface area (Å²) in [4.78, 5) is 42.2. The molecule has 1 amide bonds. The number of hydrogen-bond acceptors (Lipinski definition) is 6. The van der Waals surface area contributed by atoms with E-state index in [2.05, 4.69) is 4.99 Å². The van der Waals surface area contributed by atoms with Gasteiger partial charge in [0.05, 0.1) is 22.2 Å². The minimum atomic E-state index is -0.702. The van der Waals surface area contributed by atoms with Crippen LogP contribution < -0.4 is 10.2 Å². The van der Waals surface area contributed by atoms with Gasteiger partial charge in [-0.15, -0.1) is 0 Å². The van der Waals surface area contributed by atoms with Crippen LogP contribution >= 0.6 is 11.3 Å². The largest absolute Gasteiger partial charge is 0.465 e. The normalized spacial score (nSPS) is 12.0. The Morgan fingerprint density at radius 1 is 1.03 bits per heavy atom. The summed E-state index contributed by atoms with van der Waals surface area (Å²) in [7, 11) is 0. The van der Waals surface area contributed by atoms with Crippen LogP contribution in [0.4, 0.5) is 0 Å². The summed E-state index contributed by atoms with van der Waals surface area (Å²) in [5.41, 5.74) is 0.751. The third-order valence-electron chi connectivity index (χ3n) is 5.21. The first-order valence-corrected chi connectivity index (χ1v) is 11.2. The highest BCUT2D eigenvalue weighted by molar-refractivity contribution is 7.17. The molecule has 8 heteroatoms. The van der Waals surface area contributed by atoms with Crippen LogP contribution in [0, 0.1) is 0 Å². The smallest absolute Gasteiger partial charge is 0.326 e. The fraction of sp³-hybridized carbons (Fsp3) is 0.120. The fourth-order valence-electron chi connectivity index (χ4n) is 3.72. The van der Waals surface area contributed by atoms with E-state index in [1.54, 1.807) is 35.8 Å². The Morgan fingerprint density at radius 2 is 1.79 bits per heavy atom. The van der Waals surface area contributed by atoms with Crippen LogP contribution in [0.15, 0.2) is 80.9 Å². The average Bonchev–Trinajstić information content (AvgIpc) is 3.16. The van der Waals surface area contributed by atoms with E-state index in [1.807, 2.05) is 36.4 Å².